The van der Waals surface area contributed by atoms with Crippen molar-refractivity contribution in [3.8, 4) is 5.75 Å². The molecule has 1 atom stereocenters. The molecule has 1 aliphatic heterocycles. The minimum absolute atomic E-state index is 0.259. The first kappa shape index (κ1) is 12.2. The van der Waals surface area contributed by atoms with Gasteiger partial charge in [0, 0.05) is 31.9 Å². The van der Waals surface area contributed by atoms with Gasteiger partial charge in [-0.2, -0.15) is 5.10 Å². The van der Waals surface area contributed by atoms with Gasteiger partial charge in [-0.05, 0) is 24.6 Å². The number of rotatable bonds is 5. The Labute approximate surface area is 113 Å². The fraction of sp³-hybridized carbons (Fsp3) is 0.400. The minimum atomic E-state index is 0.259. The van der Waals surface area contributed by atoms with Crippen LogP contribution >= 0.6 is 0 Å². The minimum Gasteiger partial charge on any atom is -0.488 e. The Hall–Kier alpha value is -1.81. The lowest BCUT2D eigenvalue weighted by Gasteiger charge is -2.11. The van der Waals surface area contributed by atoms with Crippen LogP contribution in [0.15, 0.2) is 36.7 Å². The molecule has 4 nitrogen and oxygen atoms in total. The normalized spacial score (nSPS) is 17.2. The summed E-state index contributed by atoms with van der Waals surface area (Å²) in [7, 11) is 0. The van der Waals surface area contributed by atoms with E-state index >= 15 is 0 Å². The molecule has 0 amide bonds. The van der Waals surface area contributed by atoms with Gasteiger partial charge in [-0.25, -0.2) is 0 Å². The van der Waals surface area contributed by atoms with Crippen LogP contribution in [0, 0.1) is 6.92 Å². The summed E-state index contributed by atoms with van der Waals surface area (Å²) in [5.74, 6) is 1.05. The molecule has 4 heteroatoms. The van der Waals surface area contributed by atoms with Crippen molar-refractivity contribution in [3.63, 3.8) is 0 Å². The van der Waals surface area contributed by atoms with E-state index in [9.17, 15) is 0 Å². The van der Waals surface area contributed by atoms with E-state index in [1.165, 1.54) is 11.1 Å². The van der Waals surface area contributed by atoms with Gasteiger partial charge in [-0.3, -0.25) is 4.68 Å². The molecule has 100 valence electrons. The summed E-state index contributed by atoms with van der Waals surface area (Å²) in [6, 6.07) is 8.35. The van der Waals surface area contributed by atoms with Crippen molar-refractivity contribution < 1.29 is 4.74 Å². The Morgan fingerprint density at radius 1 is 1.47 bits per heavy atom. The fourth-order valence-electron chi connectivity index (χ4n) is 2.45. The molecule has 19 heavy (non-hydrogen) atoms. The first-order valence-electron chi connectivity index (χ1n) is 6.75. The number of hydrogen-bond acceptors (Lipinski definition) is 3. The van der Waals surface area contributed by atoms with E-state index < -0.39 is 0 Å². The molecule has 1 aromatic carbocycles. The second-order valence-corrected chi connectivity index (χ2v) is 5.03. The summed E-state index contributed by atoms with van der Waals surface area (Å²) in [4.78, 5) is 0. The maximum atomic E-state index is 5.91. The summed E-state index contributed by atoms with van der Waals surface area (Å²) in [5, 5.41) is 7.60. The molecule has 0 fully saturated rings. The average molecular weight is 257 g/mol. The molecule has 0 aliphatic carbocycles. The molecular formula is C15H19N3O. The van der Waals surface area contributed by atoms with E-state index in [1.807, 2.05) is 16.9 Å². The smallest absolute Gasteiger partial charge is 0.123 e. The molecule has 1 aliphatic rings. The van der Waals surface area contributed by atoms with Gasteiger partial charge >= 0.3 is 0 Å². The second kappa shape index (κ2) is 5.45. The van der Waals surface area contributed by atoms with Gasteiger partial charge in [0.25, 0.3) is 0 Å². The largest absolute Gasteiger partial charge is 0.488 e. The van der Waals surface area contributed by atoms with Crippen molar-refractivity contribution in [2.24, 2.45) is 0 Å². The van der Waals surface area contributed by atoms with Crippen molar-refractivity contribution >= 4 is 0 Å². The third kappa shape index (κ3) is 2.96. The van der Waals surface area contributed by atoms with Crippen molar-refractivity contribution in [2.75, 3.05) is 13.1 Å². The molecule has 0 spiro atoms. The first-order chi connectivity index (χ1) is 9.31. The van der Waals surface area contributed by atoms with Gasteiger partial charge in [0.05, 0.1) is 6.54 Å². The van der Waals surface area contributed by atoms with Crippen molar-refractivity contribution in [1.29, 1.82) is 0 Å². The second-order valence-electron chi connectivity index (χ2n) is 5.03. The summed E-state index contributed by atoms with van der Waals surface area (Å²) >= 11 is 0. The van der Waals surface area contributed by atoms with Crippen LogP contribution in [-0.4, -0.2) is 29.0 Å². The molecular weight excluding hydrogens is 238 g/mol. The molecule has 0 bridgehead atoms. The maximum Gasteiger partial charge on any atom is 0.123 e. The Morgan fingerprint density at radius 2 is 2.42 bits per heavy atom. The zero-order chi connectivity index (χ0) is 13.1. The van der Waals surface area contributed by atoms with E-state index in [0.717, 1.165) is 31.8 Å². The molecule has 2 aromatic rings. The molecule has 0 saturated heterocycles. The van der Waals surface area contributed by atoms with Crippen molar-refractivity contribution in [3.05, 3.63) is 47.8 Å². The van der Waals surface area contributed by atoms with E-state index in [2.05, 4.69) is 35.5 Å². The number of hydrogen-bond donors (Lipinski definition) is 1. The maximum absolute atomic E-state index is 5.91. The van der Waals surface area contributed by atoms with E-state index in [0.29, 0.717) is 0 Å². The standard InChI is InChI=1S/C15H19N3O/c1-12-3-4-15-13(9-12)10-14(19-15)11-16-6-8-18-7-2-5-17-18/h2-5,7,9,14,16H,6,8,10-11H2,1H3. The predicted molar refractivity (Wildman–Crippen MR) is 74.4 cm³/mol. The van der Waals surface area contributed by atoms with Crippen LogP contribution in [0.25, 0.3) is 0 Å². The Bertz CT molecular complexity index is 536. The van der Waals surface area contributed by atoms with Crippen LogP contribution in [0.3, 0.4) is 0 Å². The van der Waals surface area contributed by atoms with Gasteiger partial charge in [0.2, 0.25) is 0 Å². The van der Waals surface area contributed by atoms with Crippen LogP contribution in [0.4, 0.5) is 0 Å². The number of benzene rings is 1. The summed E-state index contributed by atoms with van der Waals surface area (Å²) in [5.41, 5.74) is 2.63. The van der Waals surface area contributed by atoms with Crippen LogP contribution in [0.1, 0.15) is 11.1 Å². The Balaban J connectivity index is 1.43. The molecule has 3 rings (SSSR count). The zero-order valence-electron chi connectivity index (χ0n) is 11.2. The lowest BCUT2D eigenvalue weighted by molar-refractivity contribution is 0.227. The van der Waals surface area contributed by atoms with Crippen molar-refractivity contribution in [1.82, 2.24) is 15.1 Å². The molecule has 0 saturated carbocycles. The van der Waals surface area contributed by atoms with Crippen LogP contribution < -0.4 is 10.1 Å². The third-order valence-electron chi connectivity index (χ3n) is 3.41. The number of ether oxygens (including phenoxy) is 1. The van der Waals surface area contributed by atoms with E-state index in [4.69, 9.17) is 4.74 Å². The third-order valence-corrected chi connectivity index (χ3v) is 3.41. The topological polar surface area (TPSA) is 39.1 Å². The quantitative estimate of drug-likeness (QED) is 0.830. The summed E-state index contributed by atoms with van der Waals surface area (Å²) in [6.07, 6.45) is 5.05. The van der Waals surface area contributed by atoms with Crippen LogP contribution in [0.2, 0.25) is 0 Å². The SMILES string of the molecule is Cc1ccc2c(c1)CC(CNCCn1cccn1)O2. The number of nitrogens with zero attached hydrogens (tertiary/aromatic N) is 2. The Morgan fingerprint density at radius 3 is 3.26 bits per heavy atom. The van der Waals surface area contributed by atoms with Gasteiger partial charge in [-0.1, -0.05) is 17.7 Å². The highest BCUT2D eigenvalue weighted by molar-refractivity contribution is 5.40. The average Bonchev–Trinajstić information content (AvgIpc) is 3.02. The van der Waals surface area contributed by atoms with E-state index in [-0.39, 0.29) is 6.10 Å². The monoisotopic (exact) mass is 257 g/mol. The molecule has 0 radical (unpaired) electrons. The molecule has 1 N–H and O–H groups in total. The lowest BCUT2D eigenvalue weighted by atomic mass is 10.1. The number of aromatic nitrogens is 2. The predicted octanol–water partition coefficient (Wildman–Crippen LogP) is 1.78. The molecule has 1 aromatic heterocycles. The number of fused-ring (bicyclic) bond motifs is 1. The van der Waals surface area contributed by atoms with Gasteiger partial charge in [0.15, 0.2) is 0 Å². The lowest BCUT2D eigenvalue weighted by Crippen LogP contribution is -2.32. The highest BCUT2D eigenvalue weighted by Gasteiger charge is 2.22. The Kier molecular flexibility index (Phi) is 3.51. The van der Waals surface area contributed by atoms with Gasteiger partial charge in [-0.15, -0.1) is 0 Å². The summed E-state index contributed by atoms with van der Waals surface area (Å²) < 4.78 is 7.85. The molecule has 1 unspecified atom stereocenters. The van der Waals surface area contributed by atoms with Gasteiger partial charge < -0.3 is 10.1 Å². The first-order valence-corrected chi connectivity index (χ1v) is 6.75. The van der Waals surface area contributed by atoms with Crippen LogP contribution in [-0.2, 0) is 13.0 Å². The zero-order valence-corrected chi connectivity index (χ0v) is 11.2. The number of aryl methyl sites for hydroxylation is 1. The van der Waals surface area contributed by atoms with Crippen molar-refractivity contribution in [2.45, 2.75) is 26.0 Å². The fourth-order valence-corrected chi connectivity index (χ4v) is 2.45. The molecule has 2 heterocycles. The summed E-state index contributed by atoms with van der Waals surface area (Å²) in [6.45, 7) is 4.81. The number of nitrogens with one attached hydrogen (secondary N) is 1. The highest BCUT2D eigenvalue weighted by atomic mass is 16.5. The highest BCUT2D eigenvalue weighted by Crippen LogP contribution is 2.29. The van der Waals surface area contributed by atoms with Gasteiger partial charge in [0.1, 0.15) is 11.9 Å². The van der Waals surface area contributed by atoms with E-state index in [1.54, 1.807) is 6.20 Å². The van der Waals surface area contributed by atoms with Crippen LogP contribution in [0.5, 0.6) is 5.75 Å².